The Morgan fingerprint density at radius 2 is 2.06 bits per heavy atom. The number of para-hydroxylation sites is 1. The van der Waals surface area contributed by atoms with E-state index in [0.29, 0.717) is 22.2 Å². The van der Waals surface area contributed by atoms with Crippen molar-refractivity contribution in [1.82, 2.24) is 0 Å². The number of carbonyl (C=O) groups is 1. The van der Waals surface area contributed by atoms with Crippen LogP contribution in [0.15, 0.2) is 40.8 Å². The molecule has 0 atom stereocenters. The molecule has 0 saturated carbocycles. The van der Waals surface area contributed by atoms with Crippen LogP contribution in [0.4, 0.5) is 10.1 Å². The molecule has 1 heterocycles. The second kappa shape index (κ2) is 3.84. The topological polar surface area (TPSA) is 42.2 Å². The van der Waals surface area contributed by atoms with E-state index in [4.69, 9.17) is 4.42 Å². The summed E-state index contributed by atoms with van der Waals surface area (Å²) in [6.07, 6.45) is 0. The zero-order chi connectivity index (χ0) is 12.7. The summed E-state index contributed by atoms with van der Waals surface area (Å²) in [5.41, 5.74) is 1.76. The van der Waals surface area contributed by atoms with E-state index in [2.05, 4.69) is 5.32 Å². The molecule has 4 heteroatoms. The van der Waals surface area contributed by atoms with E-state index in [-0.39, 0.29) is 11.7 Å². The fourth-order valence-corrected chi connectivity index (χ4v) is 2.06. The number of anilines is 1. The Balaban J connectivity index is 2.35. The molecule has 0 saturated heterocycles. The lowest BCUT2D eigenvalue weighted by Crippen LogP contribution is -2.05. The fraction of sp³-hybridized carbons (Fsp3) is 0.0714. The van der Waals surface area contributed by atoms with Gasteiger partial charge in [-0.05, 0) is 24.3 Å². The summed E-state index contributed by atoms with van der Waals surface area (Å²) >= 11 is 0. The summed E-state index contributed by atoms with van der Waals surface area (Å²) in [6, 6.07) is 9.76. The molecule has 0 spiro atoms. The smallest absolute Gasteiger partial charge is 0.221 e. The van der Waals surface area contributed by atoms with Crippen LogP contribution < -0.4 is 5.32 Å². The molecule has 3 aromatic rings. The van der Waals surface area contributed by atoms with Crippen molar-refractivity contribution >= 4 is 33.5 Å². The van der Waals surface area contributed by atoms with Crippen LogP contribution in [-0.2, 0) is 4.79 Å². The Labute approximate surface area is 102 Å². The molecular formula is C14H10FNO2. The first-order valence-electron chi connectivity index (χ1n) is 5.53. The molecule has 0 aliphatic rings. The molecule has 3 rings (SSSR count). The summed E-state index contributed by atoms with van der Waals surface area (Å²) in [6.45, 7) is 1.43. The molecule has 0 bridgehead atoms. The Bertz CT molecular complexity index is 761. The Morgan fingerprint density at radius 1 is 1.22 bits per heavy atom. The molecule has 0 radical (unpaired) electrons. The maximum Gasteiger partial charge on any atom is 0.221 e. The van der Waals surface area contributed by atoms with Gasteiger partial charge in [-0.15, -0.1) is 0 Å². The van der Waals surface area contributed by atoms with Gasteiger partial charge in [0.1, 0.15) is 11.4 Å². The average molecular weight is 243 g/mol. The zero-order valence-electron chi connectivity index (χ0n) is 9.66. The summed E-state index contributed by atoms with van der Waals surface area (Å²) in [5.74, 6) is -0.482. The molecule has 0 unspecified atom stereocenters. The first kappa shape index (κ1) is 10.8. The van der Waals surface area contributed by atoms with Crippen molar-refractivity contribution in [3.8, 4) is 0 Å². The summed E-state index contributed by atoms with van der Waals surface area (Å²) < 4.78 is 18.9. The standard InChI is InChI=1S/C14H10FNO2/c1-8(17)16-12-4-2-3-10-11-7-9(15)5-6-13(11)18-14(10)12/h2-7H,1H3,(H,16,17). The number of furan rings is 1. The molecule has 90 valence electrons. The second-order valence-electron chi connectivity index (χ2n) is 4.11. The van der Waals surface area contributed by atoms with Gasteiger partial charge in [-0.25, -0.2) is 4.39 Å². The largest absolute Gasteiger partial charge is 0.454 e. The lowest BCUT2D eigenvalue weighted by molar-refractivity contribution is -0.114. The number of benzene rings is 2. The fourth-order valence-electron chi connectivity index (χ4n) is 2.06. The van der Waals surface area contributed by atoms with Gasteiger partial charge in [0.15, 0.2) is 5.58 Å². The number of carbonyl (C=O) groups excluding carboxylic acids is 1. The Kier molecular flexibility index (Phi) is 2.30. The zero-order valence-corrected chi connectivity index (χ0v) is 9.66. The SMILES string of the molecule is CC(=O)Nc1cccc2c1oc1ccc(F)cc12. The van der Waals surface area contributed by atoms with Gasteiger partial charge in [-0.1, -0.05) is 12.1 Å². The normalized spacial score (nSPS) is 11.0. The summed E-state index contributed by atoms with van der Waals surface area (Å²) in [7, 11) is 0. The maximum atomic E-state index is 13.2. The van der Waals surface area contributed by atoms with Crippen LogP contribution in [0.25, 0.3) is 21.9 Å². The van der Waals surface area contributed by atoms with Crippen LogP contribution in [-0.4, -0.2) is 5.91 Å². The van der Waals surface area contributed by atoms with E-state index in [1.807, 2.05) is 6.07 Å². The lowest BCUT2D eigenvalue weighted by atomic mass is 10.1. The van der Waals surface area contributed by atoms with Crippen molar-refractivity contribution in [3.05, 3.63) is 42.2 Å². The third-order valence-electron chi connectivity index (χ3n) is 2.77. The van der Waals surface area contributed by atoms with E-state index < -0.39 is 0 Å². The van der Waals surface area contributed by atoms with Crippen LogP contribution in [0.2, 0.25) is 0 Å². The highest BCUT2D eigenvalue weighted by Gasteiger charge is 2.11. The molecule has 2 aromatic carbocycles. The van der Waals surface area contributed by atoms with Crippen molar-refractivity contribution < 1.29 is 13.6 Å². The van der Waals surface area contributed by atoms with Gasteiger partial charge in [0.05, 0.1) is 5.69 Å². The summed E-state index contributed by atoms with van der Waals surface area (Å²) in [5, 5.41) is 4.19. The highest BCUT2D eigenvalue weighted by molar-refractivity contribution is 6.10. The number of nitrogens with one attached hydrogen (secondary N) is 1. The highest BCUT2D eigenvalue weighted by Crippen LogP contribution is 2.33. The van der Waals surface area contributed by atoms with Crippen LogP contribution in [0, 0.1) is 5.82 Å². The molecule has 1 N–H and O–H groups in total. The second-order valence-corrected chi connectivity index (χ2v) is 4.11. The van der Waals surface area contributed by atoms with Gasteiger partial charge in [0.25, 0.3) is 0 Å². The number of rotatable bonds is 1. The van der Waals surface area contributed by atoms with Gasteiger partial charge >= 0.3 is 0 Å². The van der Waals surface area contributed by atoms with Gasteiger partial charge in [0, 0.05) is 17.7 Å². The maximum absolute atomic E-state index is 13.2. The molecule has 0 fully saturated rings. The van der Waals surface area contributed by atoms with Gasteiger partial charge in [0.2, 0.25) is 5.91 Å². The van der Waals surface area contributed by atoms with E-state index >= 15 is 0 Å². The number of amides is 1. The van der Waals surface area contributed by atoms with Gasteiger partial charge in [-0.3, -0.25) is 4.79 Å². The van der Waals surface area contributed by atoms with E-state index in [1.54, 1.807) is 18.2 Å². The first-order chi connectivity index (χ1) is 8.65. The lowest BCUT2D eigenvalue weighted by Gasteiger charge is -2.01. The number of hydrogen-bond donors (Lipinski definition) is 1. The van der Waals surface area contributed by atoms with Crippen molar-refractivity contribution in [3.63, 3.8) is 0 Å². The van der Waals surface area contributed by atoms with E-state index in [9.17, 15) is 9.18 Å². The number of halogens is 1. The Hall–Kier alpha value is -2.36. The molecule has 1 amide bonds. The molecular weight excluding hydrogens is 233 g/mol. The minimum atomic E-state index is -0.310. The number of hydrogen-bond acceptors (Lipinski definition) is 2. The van der Waals surface area contributed by atoms with Crippen LogP contribution in [0.1, 0.15) is 6.92 Å². The molecule has 1 aromatic heterocycles. The van der Waals surface area contributed by atoms with Crippen molar-refractivity contribution in [1.29, 1.82) is 0 Å². The van der Waals surface area contributed by atoms with Crippen molar-refractivity contribution in [2.75, 3.05) is 5.32 Å². The minimum Gasteiger partial charge on any atom is -0.454 e. The predicted octanol–water partition coefficient (Wildman–Crippen LogP) is 3.68. The molecule has 0 aliphatic heterocycles. The quantitative estimate of drug-likeness (QED) is 0.708. The van der Waals surface area contributed by atoms with Gasteiger partial charge < -0.3 is 9.73 Å². The predicted molar refractivity (Wildman–Crippen MR) is 68.0 cm³/mol. The van der Waals surface area contributed by atoms with Crippen LogP contribution >= 0.6 is 0 Å². The first-order valence-corrected chi connectivity index (χ1v) is 5.53. The summed E-state index contributed by atoms with van der Waals surface area (Å²) in [4.78, 5) is 11.1. The average Bonchev–Trinajstić information content (AvgIpc) is 2.68. The van der Waals surface area contributed by atoms with E-state index in [1.165, 1.54) is 19.1 Å². The van der Waals surface area contributed by atoms with Crippen molar-refractivity contribution in [2.45, 2.75) is 6.92 Å². The number of fused-ring (bicyclic) bond motifs is 3. The minimum absolute atomic E-state index is 0.172. The molecule has 18 heavy (non-hydrogen) atoms. The molecule has 0 aliphatic carbocycles. The third-order valence-corrected chi connectivity index (χ3v) is 2.77. The monoisotopic (exact) mass is 243 g/mol. The van der Waals surface area contributed by atoms with Crippen molar-refractivity contribution in [2.24, 2.45) is 0 Å². The third kappa shape index (κ3) is 1.62. The van der Waals surface area contributed by atoms with Gasteiger partial charge in [-0.2, -0.15) is 0 Å². The van der Waals surface area contributed by atoms with E-state index in [0.717, 1.165) is 5.39 Å². The van der Waals surface area contributed by atoms with Crippen LogP contribution in [0.3, 0.4) is 0 Å². The van der Waals surface area contributed by atoms with Crippen LogP contribution in [0.5, 0.6) is 0 Å². The highest BCUT2D eigenvalue weighted by atomic mass is 19.1. The Morgan fingerprint density at radius 3 is 2.83 bits per heavy atom. The molecule has 3 nitrogen and oxygen atoms in total.